The first-order valence-corrected chi connectivity index (χ1v) is 12.5. The van der Waals surface area contributed by atoms with E-state index in [1.807, 2.05) is 0 Å². The number of nitro groups is 2. The Kier molecular flexibility index (Phi) is 8.12. The average molecular weight is 591 g/mol. The minimum absolute atomic E-state index is 0.106. The molecule has 224 valence electrons. The number of aromatic nitrogens is 4. The molecule has 2 aliphatic rings. The van der Waals surface area contributed by atoms with Gasteiger partial charge in [0.15, 0.2) is 12.5 Å². The molecule has 0 unspecified atom stereocenters. The van der Waals surface area contributed by atoms with E-state index in [4.69, 9.17) is 19.7 Å². The summed E-state index contributed by atoms with van der Waals surface area (Å²) < 4.78 is 13.1. The van der Waals surface area contributed by atoms with Gasteiger partial charge in [0, 0.05) is 24.5 Å². The second-order valence-electron chi connectivity index (χ2n) is 9.61. The van der Waals surface area contributed by atoms with E-state index in [0.717, 1.165) is 0 Å². The van der Waals surface area contributed by atoms with Gasteiger partial charge in [-0.05, 0) is 12.1 Å². The van der Waals surface area contributed by atoms with Crippen LogP contribution in [-0.2, 0) is 9.47 Å². The number of rotatable bonds is 6. The number of fused-ring (bicyclic) bond motifs is 2. The van der Waals surface area contributed by atoms with E-state index in [2.05, 4.69) is 10.2 Å². The second kappa shape index (κ2) is 11.6. The Morgan fingerprint density at radius 3 is 1.38 bits per heavy atom. The lowest BCUT2D eigenvalue weighted by molar-refractivity contribution is -0.383. The molecule has 6 rings (SSSR count). The van der Waals surface area contributed by atoms with Crippen LogP contribution < -0.4 is 0 Å². The van der Waals surface area contributed by atoms with Crippen molar-refractivity contribution in [1.29, 1.82) is 0 Å². The number of ether oxygens (including phenoxy) is 2. The molecule has 0 aliphatic carbocycles. The molecule has 4 heterocycles. The van der Waals surface area contributed by atoms with Gasteiger partial charge in [-0.25, -0.2) is 9.36 Å². The van der Waals surface area contributed by atoms with Crippen molar-refractivity contribution in [2.75, 3.05) is 13.2 Å². The first kappa shape index (κ1) is 29.4. The summed E-state index contributed by atoms with van der Waals surface area (Å²) in [5, 5.41) is 88.2. The van der Waals surface area contributed by atoms with Crippen molar-refractivity contribution in [1.82, 2.24) is 19.6 Å². The summed E-state index contributed by atoms with van der Waals surface area (Å²) in [6.45, 7) is -0.897. The van der Waals surface area contributed by atoms with E-state index in [0.29, 0.717) is 21.8 Å². The maximum Gasteiger partial charge on any atom is 0.280 e. The number of hydrogen-bond donors (Lipinski definition) is 6. The van der Waals surface area contributed by atoms with E-state index in [9.17, 15) is 40.7 Å². The third kappa shape index (κ3) is 5.16. The van der Waals surface area contributed by atoms with Gasteiger partial charge in [0.1, 0.15) is 36.6 Å². The average Bonchev–Trinajstić information content (AvgIpc) is 3.73. The first-order valence-electron chi connectivity index (χ1n) is 12.5. The summed E-state index contributed by atoms with van der Waals surface area (Å²) in [6, 6.07) is 8.92. The fraction of sp³-hybridized carbons (Fsp3) is 0.417. The van der Waals surface area contributed by atoms with Gasteiger partial charge < -0.3 is 40.1 Å². The standard InChI is InChI=1S/2C12H13N3O6/c2*16-5-9-10(17)11(18)12(21-9)14-4-6-7(13-14)2-1-3-8(6)15(19)20/h2*1-4,9-12,16-18H,5H2/t2*9-,10-,11-,12-/m11/s1. The highest BCUT2D eigenvalue weighted by Gasteiger charge is 2.45. The number of nitro benzene ring substituents is 2. The minimum atomic E-state index is -1.28. The third-order valence-corrected chi connectivity index (χ3v) is 7.04. The van der Waals surface area contributed by atoms with Gasteiger partial charge in [-0.1, -0.05) is 12.1 Å². The molecule has 2 aliphatic heterocycles. The summed E-state index contributed by atoms with van der Waals surface area (Å²) in [5.41, 5.74) is 0.542. The lowest BCUT2D eigenvalue weighted by Crippen LogP contribution is -2.33. The summed E-state index contributed by atoms with van der Waals surface area (Å²) in [7, 11) is 0. The van der Waals surface area contributed by atoms with Crippen molar-refractivity contribution in [2.24, 2.45) is 0 Å². The molecule has 2 aromatic heterocycles. The molecule has 18 nitrogen and oxygen atoms in total. The number of aliphatic hydroxyl groups is 6. The highest BCUT2D eigenvalue weighted by Crippen LogP contribution is 2.33. The predicted octanol–water partition coefficient (Wildman–Crippen LogP) is -0.888. The molecule has 0 amide bonds. The zero-order valence-electron chi connectivity index (χ0n) is 21.5. The number of nitrogens with zero attached hydrogens (tertiary/aromatic N) is 6. The Hall–Kier alpha value is -4.14. The van der Waals surface area contributed by atoms with Crippen LogP contribution in [0.5, 0.6) is 0 Å². The van der Waals surface area contributed by atoms with Gasteiger partial charge in [0.25, 0.3) is 11.4 Å². The van der Waals surface area contributed by atoms with Crippen LogP contribution in [0, 0.1) is 20.2 Å². The molecule has 0 radical (unpaired) electrons. The number of hydrogen-bond acceptors (Lipinski definition) is 14. The number of benzene rings is 2. The van der Waals surface area contributed by atoms with Gasteiger partial charge in [-0.2, -0.15) is 10.2 Å². The van der Waals surface area contributed by atoms with Crippen molar-refractivity contribution in [3.63, 3.8) is 0 Å². The van der Waals surface area contributed by atoms with E-state index in [-0.39, 0.29) is 11.4 Å². The van der Waals surface area contributed by atoms with Crippen LogP contribution >= 0.6 is 0 Å². The lowest BCUT2D eigenvalue weighted by atomic mass is 10.1. The molecule has 18 heteroatoms. The fourth-order valence-corrected chi connectivity index (χ4v) is 4.87. The van der Waals surface area contributed by atoms with Gasteiger partial charge in [-0.15, -0.1) is 0 Å². The third-order valence-electron chi connectivity index (χ3n) is 7.04. The topological polar surface area (TPSA) is 262 Å². The minimum Gasteiger partial charge on any atom is -0.394 e. The highest BCUT2D eigenvalue weighted by molar-refractivity contribution is 5.88. The molecule has 8 atom stereocenters. The molecule has 42 heavy (non-hydrogen) atoms. The van der Waals surface area contributed by atoms with Crippen molar-refractivity contribution in [3.8, 4) is 0 Å². The Morgan fingerprint density at radius 1 is 0.690 bits per heavy atom. The maximum absolute atomic E-state index is 11.0. The van der Waals surface area contributed by atoms with E-state index >= 15 is 0 Å². The van der Waals surface area contributed by atoms with Crippen molar-refractivity contribution in [3.05, 3.63) is 69.0 Å². The summed E-state index contributed by atoms with van der Waals surface area (Å²) in [5.74, 6) is 0. The molecule has 0 bridgehead atoms. The molecular formula is C24H26N6O12. The summed E-state index contributed by atoms with van der Waals surface area (Å²) in [6.07, 6.45) is -6.16. The SMILES string of the molecule is O=[N+]([O-])c1cccc2nn([C@@H]3O[C@H](CO)[C@@H](O)[C@H]3O)cc12.O=[N+]([O-])c1cccc2nn([C@@H]3O[C@H](CO)[C@@H](O)[C@H]3O)cc12. The van der Waals surface area contributed by atoms with Crippen LogP contribution in [0.4, 0.5) is 11.4 Å². The maximum atomic E-state index is 11.0. The predicted molar refractivity (Wildman–Crippen MR) is 139 cm³/mol. The van der Waals surface area contributed by atoms with E-state index in [1.165, 1.54) is 46.0 Å². The van der Waals surface area contributed by atoms with Gasteiger partial charge in [0.05, 0.1) is 44.9 Å². The summed E-state index contributed by atoms with van der Waals surface area (Å²) >= 11 is 0. The molecule has 6 N–H and O–H groups in total. The molecule has 2 aromatic carbocycles. The van der Waals surface area contributed by atoms with Crippen LogP contribution in [0.2, 0.25) is 0 Å². The van der Waals surface area contributed by atoms with Gasteiger partial charge in [-0.3, -0.25) is 20.2 Å². The number of aliphatic hydroxyl groups excluding tert-OH is 6. The Balaban J connectivity index is 0.000000168. The van der Waals surface area contributed by atoms with E-state index < -0.39 is 72.1 Å². The first-order chi connectivity index (χ1) is 20.0. The van der Waals surface area contributed by atoms with Crippen LogP contribution in [0.1, 0.15) is 12.5 Å². The molecule has 2 fully saturated rings. The van der Waals surface area contributed by atoms with Gasteiger partial charge >= 0.3 is 0 Å². The molecule has 0 saturated carbocycles. The zero-order chi connectivity index (χ0) is 30.3. The Bertz CT molecular complexity index is 1490. The van der Waals surface area contributed by atoms with Crippen molar-refractivity contribution < 1.29 is 50.0 Å². The highest BCUT2D eigenvalue weighted by atomic mass is 16.6. The second-order valence-corrected chi connectivity index (χ2v) is 9.61. The molecule has 2 saturated heterocycles. The van der Waals surface area contributed by atoms with Crippen LogP contribution in [0.3, 0.4) is 0 Å². The molecule has 0 spiro atoms. The molecule has 4 aromatic rings. The quantitative estimate of drug-likeness (QED) is 0.118. The van der Waals surface area contributed by atoms with E-state index in [1.54, 1.807) is 12.1 Å². The van der Waals surface area contributed by atoms with Gasteiger partial charge in [0.2, 0.25) is 0 Å². The Morgan fingerprint density at radius 2 is 1.07 bits per heavy atom. The van der Waals surface area contributed by atoms with Crippen LogP contribution in [0.15, 0.2) is 48.8 Å². The van der Waals surface area contributed by atoms with Crippen LogP contribution in [-0.4, -0.2) is 110 Å². The van der Waals surface area contributed by atoms with Crippen molar-refractivity contribution in [2.45, 2.75) is 49.1 Å². The van der Waals surface area contributed by atoms with Crippen LogP contribution in [0.25, 0.3) is 21.8 Å². The monoisotopic (exact) mass is 590 g/mol. The normalized spacial score (nSPS) is 29.1. The molecular weight excluding hydrogens is 564 g/mol. The lowest BCUT2D eigenvalue weighted by Gasteiger charge is -2.14. The Labute approximate surface area is 234 Å². The van der Waals surface area contributed by atoms with Crippen molar-refractivity contribution >= 4 is 33.2 Å². The number of non-ortho nitro benzene ring substituents is 2. The fourth-order valence-electron chi connectivity index (χ4n) is 4.87. The smallest absolute Gasteiger partial charge is 0.280 e. The zero-order valence-corrected chi connectivity index (χ0v) is 21.5. The largest absolute Gasteiger partial charge is 0.394 e. The summed E-state index contributed by atoms with van der Waals surface area (Å²) in [4.78, 5) is 20.9.